The number of aliphatic imine (C=N–C) groups is 2. The highest BCUT2D eigenvalue weighted by Crippen LogP contribution is 2.13. The number of likely N-dealkylation sites (N-methyl/N-ethyl adjacent to an activating group) is 1. The molecule has 0 bridgehead atoms. The number of guanidine groups is 2. The predicted octanol–water partition coefficient (Wildman–Crippen LogP) is 0.162. The minimum absolute atomic E-state index is 0.0235. The van der Waals surface area contributed by atoms with Gasteiger partial charge in [-0.3, -0.25) is 10.1 Å². The van der Waals surface area contributed by atoms with Gasteiger partial charge in [-0.25, -0.2) is 4.99 Å². The zero-order chi connectivity index (χ0) is 18.8. The molecule has 1 aliphatic rings. The number of allylic oxidation sites excluding steroid dienone is 1. The normalized spacial score (nSPS) is 18.9. The van der Waals surface area contributed by atoms with Crippen LogP contribution in [0.5, 0.6) is 0 Å². The number of nitro groups is 1. The Hall–Kier alpha value is -2.46. The van der Waals surface area contributed by atoms with Crippen LogP contribution in [-0.2, 0) is 9.47 Å². The monoisotopic (exact) mass is 354 g/mol. The van der Waals surface area contributed by atoms with Crippen molar-refractivity contribution >= 4 is 11.9 Å². The minimum atomic E-state index is -0.597. The zero-order valence-corrected chi connectivity index (χ0v) is 14.8. The number of nitrogens with one attached hydrogen (secondary N) is 1. The van der Waals surface area contributed by atoms with Crippen LogP contribution in [0.3, 0.4) is 0 Å². The first-order chi connectivity index (χ1) is 11.9. The molecule has 0 aromatic carbocycles. The van der Waals surface area contributed by atoms with Crippen molar-refractivity contribution in [1.82, 2.24) is 10.2 Å². The topological polar surface area (TPSA) is 128 Å². The molecule has 0 aliphatic carbocycles. The van der Waals surface area contributed by atoms with E-state index in [1.807, 2.05) is 0 Å². The second kappa shape index (κ2) is 10.4. The van der Waals surface area contributed by atoms with E-state index in [4.69, 9.17) is 15.2 Å². The fourth-order valence-corrected chi connectivity index (χ4v) is 2.24. The lowest BCUT2D eigenvalue weighted by Crippen LogP contribution is -2.52. The molecule has 1 rings (SSSR count). The Morgan fingerprint density at radius 2 is 2.20 bits per heavy atom. The van der Waals surface area contributed by atoms with Crippen LogP contribution in [-0.4, -0.2) is 68.6 Å². The molecule has 0 fully saturated rings. The van der Waals surface area contributed by atoms with Crippen LogP contribution in [0.2, 0.25) is 0 Å². The molecule has 1 unspecified atom stereocenters. The van der Waals surface area contributed by atoms with E-state index in [1.54, 1.807) is 24.1 Å². The van der Waals surface area contributed by atoms with Gasteiger partial charge in [0.05, 0.1) is 0 Å². The van der Waals surface area contributed by atoms with Crippen LogP contribution in [0, 0.1) is 16.0 Å². The van der Waals surface area contributed by atoms with Gasteiger partial charge in [0.2, 0.25) is 18.5 Å². The Bertz CT molecular complexity index is 544. The molecule has 0 spiro atoms. The Balaban J connectivity index is 2.77. The van der Waals surface area contributed by atoms with Crippen LogP contribution in [0.1, 0.15) is 6.42 Å². The maximum atomic E-state index is 10.4. The largest absolute Gasteiger partial charge is 0.369 e. The van der Waals surface area contributed by atoms with E-state index in [0.717, 1.165) is 0 Å². The fourth-order valence-electron chi connectivity index (χ4n) is 2.24. The standard InChI is InChI=1S/C15H26N6O4/c1-5-7-11(8-6-9-21(22)23)10-17-15-18-12(13(24-3)25-4)20(2)14(16)19-15/h5-6,8,11-13H,1,7,9-10H2,2-4H3,(H3,16,17,18,19)/b8-6-/t11-,12?/m0/s1. The Labute approximate surface area is 147 Å². The van der Waals surface area contributed by atoms with Crippen LogP contribution >= 0.6 is 0 Å². The zero-order valence-electron chi connectivity index (χ0n) is 14.8. The van der Waals surface area contributed by atoms with E-state index < -0.39 is 12.5 Å². The van der Waals surface area contributed by atoms with Gasteiger partial charge in [-0.15, -0.1) is 6.58 Å². The molecule has 0 saturated heterocycles. The third-order valence-electron chi connectivity index (χ3n) is 3.60. The Kier molecular flexibility index (Phi) is 8.57. The number of ether oxygens (including phenoxy) is 2. The van der Waals surface area contributed by atoms with Crippen molar-refractivity contribution in [3.05, 3.63) is 34.9 Å². The lowest BCUT2D eigenvalue weighted by atomic mass is 10.1. The quantitative estimate of drug-likeness (QED) is 0.247. The van der Waals surface area contributed by atoms with Gasteiger partial charge in [0.1, 0.15) is 0 Å². The van der Waals surface area contributed by atoms with E-state index >= 15 is 0 Å². The van der Waals surface area contributed by atoms with Crippen molar-refractivity contribution in [3.8, 4) is 0 Å². The highest BCUT2D eigenvalue weighted by Gasteiger charge is 2.30. The van der Waals surface area contributed by atoms with E-state index in [9.17, 15) is 10.1 Å². The third kappa shape index (κ3) is 6.51. The first-order valence-electron chi connectivity index (χ1n) is 7.76. The van der Waals surface area contributed by atoms with Gasteiger partial charge in [-0.05, 0) is 18.4 Å². The molecule has 140 valence electrons. The number of rotatable bonds is 10. The van der Waals surface area contributed by atoms with Crippen LogP contribution in [0.15, 0.2) is 34.8 Å². The maximum absolute atomic E-state index is 10.4. The highest BCUT2D eigenvalue weighted by atomic mass is 16.7. The molecule has 10 nitrogen and oxygen atoms in total. The molecule has 3 N–H and O–H groups in total. The van der Waals surface area contributed by atoms with E-state index in [2.05, 4.69) is 21.9 Å². The summed E-state index contributed by atoms with van der Waals surface area (Å²) in [5.74, 6) is 0.664. The second-order valence-electron chi connectivity index (χ2n) is 5.40. The maximum Gasteiger partial charge on any atom is 0.223 e. The summed E-state index contributed by atoms with van der Waals surface area (Å²) >= 11 is 0. The van der Waals surface area contributed by atoms with E-state index in [1.165, 1.54) is 20.3 Å². The molecule has 0 aromatic heterocycles. The lowest BCUT2D eigenvalue weighted by Gasteiger charge is -2.33. The van der Waals surface area contributed by atoms with Crippen LogP contribution in [0.25, 0.3) is 0 Å². The van der Waals surface area contributed by atoms with Crippen molar-refractivity contribution in [2.24, 2.45) is 21.6 Å². The van der Waals surface area contributed by atoms with Crippen molar-refractivity contribution in [3.63, 3.8) is 0 Å². The van der Waals surface area contributed by atoms with Crippen molar-refractivity contribution in [2.75, 3.05) is 34.4 Å². The SMILES string of the molecule is C=CC[C@@H](/C=C\C[N+](=O)[O-])CNC1=NC(C(OC)OC)N(C)C(N)=N1. The molecule has 1 aliphatic heterocycles. The van der Waals surface area contributed by atoms with Gasteiger partial charge in [0.25, 0.3) is 0 Å². The number of hydrogen-bond donors (Lipinski definition) is 2. The van der Waals surface area contributed by atoms with Crippen LogP contribution < -0.4 is 11.1 Å². The summed E-state index contributed by atoms with van der Waals surface area (Å²) in [7, 11) is 4.79. The molecule has 0 radical (unpaired) electrons. The Morgan fingerprint density at radius 3 is 2.76 bits per heavy atom. The van der Waals surface area contributed by atoms with Gasteiger partial charge in [0.15, 0.2) is 12.5 Å². The molecule has 1 heterocycles. The van der Waals surface area contributed by atoms with Gasteiger partial charge in [-0.1, -0.05) is 12.2 Å². The first kappa shape index (κ1) is 20.6. The molecule has 0 aromatic rings. The molecule has 10 heteroatoms. The fraction of sp³-hybridized carbons (Fsp3) is 0.600. The smallest absolute Gasteiger partial charge is 0.223 e. The van der Waals surface area contributed by atoms with E-state index in [-0.39, 0.29) is 23.3 Å². The minimum Gasteiger partial charge on any atom is -0.369 e. The summed E-state index contributed by atoms with van der Waals surface area (Å²) in [4.78, 5) is 20.3. The number of nitrogens with two attached hydrogens (primary N) is 1. The summed E-state index contributed by atoms with van der Waals surface area (Å²) < 4.78 is 10.5. The predicted molar refractivity (Wildman–Crippen MR) is 95.7 cm³/mol. The van der Waals surface area contributed by atoms with Crippen molar-refractivity contribution in [2.45, 2.75) is 18.9 Å². The average Bonchev–Trinajstić information content (AvgIpc) is 2.57. The molecule has 0 amide bonds. The molecule has 0 saturated carbocycles. The Morgan fingerprint density at radius 1 is 1.52 bits per heavy atom. The van der Waals surface area contributed by atoms with Crippen molar-refractivity contribution in [1.29, 1.82) is 0 Å². The van der Waals surface area contributed by atoms with Gasteiger partial charge in [0, 0.05) is 32.7 Å². The van der Waals surface area contributed by atoms with Crippen molar-refractivity contribution < 1.29 is 14.4 Å². The molecular weight excluding hydrogens is 328 g/mol. The number of nitrogens with zero attached hydrogens (tertiary/aromatic N) is 4. The summed E-state index contributed by atoms with van der Waals surface area (Å²) in [6, 6.07) is 0. The second-order valence-corrected chi connectivity index (χ2v) is 5.40. The third-order valence-corrected chi connectivity index (χ3v) is 3.60. The molecule has 2 atom stereocenters. The first-order valence-corrected chi connectivity index (χ1v) is 7.76. The molecule has 25 heavy (non-hydrogen) atoms. The number of methoxy groups -OCH3 is 2. The summed E-state index contributed by atoms with van der Waals surface area (Å²) in [5, 5.41) is 13.5. The van der Waals surface area contributed by atoms with Crippen LogP contribution in [0.4, 0.5) is 0 Å². The van der Waals surface area contributed by atoms with Gasteiger partial charge >= 0.3 is 0 Å². The molecular formula is C15H26N6O4. The highest BCUT2D eigenvalue weighted by molar-refractivity contribution is 5.96. The summed E-state index contributed by atoms with van der Waals surface area (Å²) in [6.45, 7) is 3.98. The summed E-state index contributed by atoms with van der Waals surface area (Å²) in [5.41, 5.74) is 5.92. The van der Waals surface area contributed by atoms with Gasteiger partial charge in [-0.2, -0.15) is 4.99 Å². The number of hydrogen-bond acceptors (Lipinski definition) is 9. The average molecular weight is 354 g/mol. The van der Waals surface area contributed by atoms with E-state index in [0.29, 0.717) is 18.9 Å². The lowest BCUT2D eigenvalue weighted by molar-refractivity contribution is -0.468. The summed E-state index contributed by atoms with van der Waals surface area (Å²) in [6.07, 6.45) is 4.66. The van der Waals surface area contributed by atoms with Gasteiger partial charge < -0.3 is 25.4 Å².